The summed E-state index contributed by atoms with van der Waals surface area (Å²) >= 11 is 1.41. The molecule has 1 aromatic carbocycles. The van der Waals surface area contributed by atoms with Crippen molar-refractivity contribution in [2.45, 2.75) is 18.1 Å². The van der Waals surface area contributed by atoms with Gasteiger partial charge in [0, 0.05) is 12.2 Å². The van der Waals surface area contributed by atoms with Crippen LogP contribution in [0.4, 0.5) is 0 Å². The number of carbonyl (C=O) groups excluding carboxylic acids is 1. The van der Waals surface area contributed by atoms with Gasteiger partial charge in [-0.1, -0.05) is 23.9 Å². The summed E-state index contributed by atoms with van der Waals surface area (Å²) < 4.78 is 6.80. The van der Waals surface area contributed by atoms with Gasteiger partial charge >= 0.3 is 0 Å². The molecular formula is C12H15N5O2S. The number of nitrogens with zero attached hydrogens (tertiary/aromatic N) is 4. The summed E-state index contributed by atoms with van der Waals surface area (Å²) in [6.45, 7) is 0.565. The van der Waals surface area contributed by atoms with Crippen LogP contribution in [-0.4, -0.2) is 39.0 Å². The van der Waals surface area contributed by atoms with Crippen LogP contribution in [0.3, 0.4) is 0 Å². The van der Waals surface area contributed by atoms with E-state index in [2.05, 4.69) is 15.5 Å². The first kappa shape index (κ1) is 14.3. The lowest BCUT2D eigenvalue weighted by molar-refractivity contribution is -0.117. The van der Waals surface area contributed by atoms with Crippen molar-refractivity contribution in [3.05, 3.63) is 29.8 Å². The molecule has 0 unspecified atom stereocenters. The van der Waals surface area contributed by atoms with E-state index in [-0.39, 0.29) is 5.91 Å². The number of primary amides is 1. The fourth-order valence-corrected chi connectivity index (χ4v) is 2.38. The molecule has 0 bridgehead atoms. The third-order valence-electron chi connectivity index (χ3n) is 2.57. The molecule has 8 heteroatoms. The number of tetrazole rings is 1. The Labute approximate surface area is 120 Å². The molecule has 0 spiro atoms. The molecule has 2 aromatic rings. The highest BCUT2D eigenvalue weighted by Gasteiger charge is 2.08. The lowest BCUT2D eigenvalue weighted by Gasteiger charge is -2.05. The molecule has 1 heterocycles. The lowest BCUT2D eigenvalue weighted by Crippen LogP contribution is -2.11. The van der Waals surface area contributed by atoms with Crippen LogP contribution in [0, 0.1) is 0 Å². The minimum absolute atomic E-state index is 0.306. The van der Waals surface area contributed by atoms with Gasteiger partial charge in [-0.05, 0) is 28.1 Å². The molecule has 0 saturated heterocycles. The average molecular weight is 293 g/mol. The van der Waals surface area contributed by atoms with E-state index in [4.69, 9.17) is 10.5 Å². The molecule has 2 rings (SSSR count). The van der Waals surface area contributed by atoms with E-state index in [0.29, 0.717) is 23.9 Å². The lowest BCUT2D eigenvalue weighted by atomic mass is 10.2. The summed E-state index contributed by atoms with van der Waals surface area (Å²) in [4.78, 5) is 10.7. The van der Waals surface area contributed by atoms with Gasteiger partial charge in [0.1, 0.15) is 5.75 Å². The van der Waals surface area contributed by atoms with Gasteiger partial charge in [-0.15, -0.1) is 5.10 Å². The minimum atomic E-state index is -0.327. The van der Waals surface area contributed by atoms with Crippen molar-refractivity contribution in [2.75, 3.05) is 12.9 Å². The molecule has 0 aliphatic carbocycles. The van der Waals surface area contributed by atoms with E-state index >= 15 is 0 Å². The molecule has 0 aliphatic heterocycles. The molecule has 2 N–H and O–H groups in total. The number of hydrogen-bond acceptors (Lipinski definition) is 6. The van der Waals surface area contributed by atoms with Crippen molar-refractivity contribution in [2.24, 2.45) is 5.73 Å². The molecule has 20 heavy (non-hydrogen) atoms. The Morgan fingerprint density at radius 1 is 1.40 bits per heavy atom. The first-order valence-corrected chi connectivity index (χ1v) is 6.98. The van der Waals surface area contributed by atoms with Crippen LogP contribution in [0.2, 0.25) is 0 Å². The summed E-state index contributed by atoms with van der Waals surface area (Å²) in [5, 5.41) is 12.2. The number of hydrogen-bond donors (Lipinski definition) is 1. The largest absolute Gasteiger partial charge is 0.497 e. The third-order valence-corrected chi connectivity index (χ3v) is 3.53. The summed E-state index contributed by atoms with van der Waals surface area (Å²) in [6.07, 6.45) is 0.306. The molecule has 0 aliphatic rings. The Kier molecular flexibility index (Phi) is 4.94. The van der Waals surface area contributed by atoms with Gasteiger partial charge in [0.2, 0.25) is 11.1 Å². The van der Waals surface area contributed by atoms with Crippen molar-refractivity contribution in [1.82, 2.24) is 20.2 Å². The predicted molar refractivity (Wildman–Crippen MR) is 74.4 cm³/mol. The fourth-order valence-electron chi connectivity index (χ4n) is 1.55. The van der Waals surface area contributed by atoms with E-state index in [1.54, 1.807) is 11.8 Å². The molecule has 0 atom stereocenters. The minimum Gasteiger partial charge on any atom is -0.497 e. The third kappa shape index (κ3) is 3.95. The maximum absolute atomic E-state index is 10.7. The Balaban J connectivity index is 1.98. The van der Waals surface area contributed by atoms with Crippen molar-refractivity contribution >= 4 is 17.7 Å². The number of amides is 1. The van der Waals surface area contributed by atoms with Gasteiger partial charge in [0.05, 0.1) is 13.7 Å². The maximum Gasteiger partial charge on any atom is 0.218 e. The number of thioether (sulfide) groups is 1. The highest BCUT2D eigenvalue weighted by molar-refractivity contribution is 7.99. The van der Waals surface area contributed by atoms with Crippen LogP contribution in [0.5, 0.6) is 5.75 Å². The summed E-state index contributed by atoms with van der Waals surface area (Å²) in [7, 11) is 1.63. The molecule has 1 aromatic heterocycles. The maximum atomic E-state index is 10.7. The number of nitrogens with two attached hydrogens (primary N) is 1. The Morgan fingerprint density at radius 3 is 2.80 bits per heavy atom. The van der Waals surface area contributed by atoms with Crippen molar-refractivity contribution in [1.29, 1.82) is 0 Å². The zero-order valence-electron chi connectivity index (χ0n) is 11.0. The van der Waals surface area contributed by atoms with E-state index in [0.717, 1.165) is 11.3 Å². The van der Waals surface area contributed by atoms with Crippen LogP contribution in [0.15, 0.2) is 29.4 Å². The van der Waals surface area contributed by atoms with Gasteiger partial charge in [-0.25, -0.2) is 4.68 Å². The predicted octanol–water partition coefficient (Wildman–Crippen LogP) is 0.697. The highest BCUT2D eigenvalue weighted by atomic mass is 32.2. The number of rotatable bonds is 7. The van der Waals surface area contributed by atoms with Gasteiger partial charge in [0.25, 0.3) is 0 Å². The van der Waals surface area contributed by atoms with Gasteiger partial charge in [-0.3, -0.25) is 4.79 Å². The second-order valence-corrected chi connectivity index (χ2v) is 5.09. The van der Waals surface area contributed by atoms with Crippen LogP contribution in [0.1, 0.15) is 12.0 Å². The zero-order chi connectivity index (χ0) is 14.4. The van der Waals surface area contributed by atoms with E-state index in [9.17, 15) is 4.79 Å². The Hall–Kier alpha value is -2.09. The summed E-state index contributed by atoms with van der Waals surface area (Å²) in [5.74, 6) is 1.05. The Bertz CT molecular complexity index is 569. The molecule has 0 fully saturated rings. The molecule has 0 radical (unpaired) electrons. The fraction of sp³-hybridized carbons (Fsp3) is 0.333. The average Bonchev–Trinajstić information content (AvgIpc) is 2.87. The van der Waals surface area contributed by atoms with Crippen LogP contribution in [0.25, 0.3) is 0 Å². The number of aromatic nitrogens is 4. The van der Waals surface area contributed by atoms with Crippen molar-refractivity contribution < 1.29 is 9.53 Å². The zero-order valence-corrected chi connectivity index (χ0v) is 11.8. The smallest absolute Gasteiger partial charge is 0.218 e. The summed E-state index contributed by atoms with van der Waals surface area (Å²) in [6, 6.07) is 7.69. The standard InChI is InChI=1S/C12H15N5O2S/c1-19-10-4-2-9(3-5-10)8-17-12(14-15-16-17)20-7-6-11(13)18/h2-5H,6-8H2,1H3,(H2,13,18). The van der Waals surface area contributed by atoms with Gasteiger partial charge in [-0.2, -0.15) is 0 Å². The van der Waals surface area contributed by atoms with Crippen molar-refractivity contribution in [3.63, 3.8) is 0 Å². The molecular weight excluding hydrogens is 278 g/mol. The Morgan fingerprint density at radius 2 is 2.15 bits per heavy atom. The second-order valence-electron chi connectivity index (χ2n) is 4.03. The number of ether oxygens (including phenoxy) is 1. The molecule has 7 nitrogen and oxygen atoms in total. The van der Waals surface area contributed by atoms with E-state index in [1.807, 2.05) is 24.3 Å². The quantitative estimate of drug-likeness (QED) is 0.755. The first-order chi connectivity index (χ1) is 9.69. The van der Waals surface area contributed by atoms with Gasteiger partial charge in [0.15, 0.2) is 0 Å². The van der Waals surface area contributed by atoms with Gasteiger partial charge < -0.3 is 10.5 Å². The number of benzene rings is 1. The van der Waals surface area contributed by atoms with E-state index in [1.165, 1.54) is 11.8 Å². The molecule has 106 valence electrons. The second kappa shape index (κ2) is 6.90. The molecule has 1 amide bonds. The summed E-state index contributed by atoms with van der Waals surface area (Å²) in [5.41, 5.74) is 6.16. The monoisotopic (exact) mass is 293 g/mol. The van der Waals surface area contributed by atoms with Crippen LogP contribution >= 0.6 is 11.8 Å². The number of methoxy groups -OCH3 is 1. The van der Waals surface area contributed by atoms with Crippen LogP contribution < -0.4 is 10.5 Å². The van der Waals surface area contributed by atoms with Crippen molar-refractivity contribution in [3.8, 4) is 5.75 Å². The number of carbonyl (C=O) groups is 1. The highest BCUT2D eigenvalue weighted by Crippen LogP contribution is 2.17. The SMILES string of the molecule is COc1ccc(Cn2nnnc2SCCC(N)=O)cc1. The van der Waals surface area contributed by atoms with E-state index < -0.39 is 0 Å². The first-order valence-electron chi connectivity index (χ1n) is 5.99. The molecule has 0 saturated carbocycles. The van der Waals surface area contributed by atoms with Crippen LogP contribution in [-0.2, 0) is 11.3 Å². The topological polar surface area (TPSA) is 95.9 Å². The normalized spacial score (nSPS) is 10.4.